The van der Waals surface area contributed by atoms with E-state index >= 15 is 0 Å². The Morgan fingerprint density at radius 3 is 2.36 bits per heavy atom. The predicted octanol–water partition coefficient (Wildman–Crippen LogP) is 5.16. The molecular weight excluding hydrogens is 270 g/mol. The zero-order valence-corrected chi connectivity index (χ0v) is 13.7. The highest BCUT2D eigenvalue weighted by molar-refractivity contribution is 5.46. The normalized spacial score (nSPS) is 10.7. The standard InChI is InChI=1S/C20H27NO/c1-17(2)14-16-22-20-12-10-19(11-13-20)21-15-6-9-18-7-4-3-5-8-18/h3-5,7-8,10-13,17,21H,6,9,14-16H2,1-2H3. The van der Waals surface area contributed by atoms with Gasteiger partial charge in [-0.25, -0.2) is 0 Å². The molecule has 0 aromatic heterocycles. The molecule has 0 amide bonds. The second kappa shape index (κ2) is 9.14. The molecule has 0 atom stereocenters. The van der Waals surface area contributed by atoms with E-state index in [0.29, 0.717) is 5.92 Å². The van der Waals surface area contributed by atoms with Crippen molar-refractivity contribution in [2.45, 2.75) is 33.1 Å². The highest BCUT2D eigenvalue weighted by Crippen LogP contribution is 2.16. The van der Waals surface area contributed by atoms with Crippen molar-refractivity contribution in [1.29, 1.82) is 0 Å². The minimum atomic E-state index is 0.686. The van der Waals surface area contributed by atoms with Gasteiger partial charge >= 0.3 is 0 Å². The maximum atomic E-state index is 5.73. The zero-order valence-electron chi connectivity index (χ0n) is 13.7. The molecule has 0 saturated carbocycles. The monoisotopic (exact) mass is 297 g/mol. The van der Waals surface area contributed by atoms with Gasteiger partial charge < -0.3 is 10.1 Å². The van der Waals surface area contributed by atoms with Crippen LogP contribution in [0, 0.1) is 5.92 Å². The van der Waals surface area contributed by atoms with Gasteiger partial charge in [-0.2, -0.15) is 0 Å². The summed E-state index contributed by atoms with van der Waals surface area (Å²) >= 11 is 0. The highest BCUT2D eigenvalue weighted by atomic mass is 16.5. The Bertz CT molecular complexity index is 519. The molecule has 0 unspecified atom stereocenters. The van der Waals surface area contributed by atoms with Gasteiger partial charge in [-0.3, -0.25) is 0 Å². The number of rotatable bonds is 9. The van der Waals surface area contributed by atoms with Crippen LogP contribution in [-0.2, 0) is 6.42 Å². The van der Waals surface area contributed by atoms with Gasteiger partial charge in [-0.15, -0.1) is 0 Å². The largest absolute Gasteiger partial charge is 0.494 e. The van der Waals surface area contributed by atoms with Crippen molar-refractivity contribution < 1.29 is 4.74 Å². The van der Waals surface area contributed by atoms with Gasteiger partial charge in [0, 0.05) is 12.2 Å². The Morgan fingerprint density at radius 2 is 1.68 bits per heavy atom. The van der Waals surface area contributed by atoms with Crippen LogP contribution >= 0.6 is 0 Å². The average molecular weight is 297 g/mol. The molecule has 0 fully saturated rings. The third-order valence-corrected chi connectivity index (χ3v) is 3.63. The second-order valence-electron chi connectivity index (χ2n) is 6.07. The van der Waals surface area contributed by atoms with Gasteiger partial charge in [0.1, 0.15) is 5.75 Å². The van der Waals surface area contributed by atoms with E-state index in [-0.39, 0.29) is 0 Å². The second-order valence-corrected chi connectivity index (χ2v) is 6.07. The molecule has 0 saturated heterocycles. The number of aryl methyl sites for hydroxylation is 1. The lowest BCUT2D eigenvalue weighted by Crippen LogP contribution is -2.03. The highest BCUT2D eigenvalue weighted by Gasteiger charge is 1.98. The summed E-state index contributed by atoms with van der Waals surface area (Å²) in [5, 5.41) is 3.46. The fraction of sp³-hybridized carbons (Fsp3) is 0.400. The van der Waals surface area contributed by atoms with Gasteiger partial charge in [0.15, 0.2) is 0 Å². The van der Waals surface area contributed by atoms with E-state index in [1.165, 1.54) is 5.56 Å². The smallest absolute Gasteiger partial charge is 0.119 e. The molecule has 2 aromatic carbocycles. The van der Waals surface area contributed by atoms with Crippen molar-refractivity contribution in [3.63, 3.8) is 0 Å². The van der Waals surface area contributed by atoms with E-state index in [9.17, 15) is 0 Å². The maximum Gasteiger partial charge on any atom is 0.119 e. The Hall–Kier alpha value is -1.96. The van der Waals surface area contributed by atoms with Crippen molar-refractivity contribution in [2.24, 2.45) is 5.92 Å². The first kappa shape index (κ1) is 16.4. The first-order valence-electron chi connectivity index (χ1n) is 8.24. The SMILES string of the molecule is CC(C)CCOc1ccc(NCCCc2ccccc2)cc1. The number of ether oxygens (including phenoxy) is 1. The lowest BCUT2D eigenvalue weighted by atomic mass is 10.1. The van der Waals surface area contributed by atoms with Crippen LogP contribution in [0.3, 0.4) is 0 Å². The summed E-state index contributed by atoms with van der Waals surface area (Å²) in [6.45, 7) is 6.21. The lowest BCUT2D eigenvalue weighted by molar-refractivity contribution is 0.289. The quantitative estimate of drug-likeness (QED) is 0.646. The van der Waals surface area contributed by atoms with Gasteiger partial charge in [0.25, 0.3) is 0 Å². The van der Waals surface area contributed by atoms with Crippen LogP contribution in [0.5, 0.6) is 5.75 Å². The molecule has 0 heterocycles. The van der Waals surface area contributed by atoms with Crippen molar-refractivity contribution in [1.82, 2.24) is 0 Å². The summed E-state index contributed by atoms with van der Waals surface area (Å²) in [5.41, 5.74) is 2.56. The molecule has 1 N–H and O–H groups in total. The molecule has 0 spiro atoms. The molecule has 2 nitrogen and oxygen atoms in total. The first-order valence-corrected chi connectivity index (χ1v) is 8.24. The summed E-state index contributed by atoms with van der Waals surface area (Å²) in [4.78, 5) is 0. The minimum Gasteiger partial charge on any atom is -0.494 e. The van der Waals surface area contributed by atoms with Crippen LogP contribution in [0.4, 0.5) is 5.69 Å². The molecule has 22 heavy (non-hydrogen) atoms. The van der Waals surface area contributed by atoms with Crippen molar-refractivity contribution in [3.05, 3.63) is 60.2 Å². The Morgan fingerprint density at radius 1 is 0.955 bits per heavy atom. The fourth-order valence-electron chi connectivity index (χ4n) is 2.25. The number of hydrogen-bond donors (Lipinski definition) is 1. The van der Waals surface area contributed by atoms with E-state index in [4.69, 9.17) is 4.74 Å². The van der Waals surface area contributed by atoms with Crippen LogP contribution in [-0.4, -0.2) is 13.2 Å². The van der Waals surface area contributed by atoms with E-state index in [1.807, 2.05) is 12.1 Å². The molecule has 0 aliphatic rings. The van der Waals surface area contributed by atoms with E-state index in [2.05, 4.69) is 61.6 Å². The van der Waals surface area contributed by atoms with Gasteiger partial charge in [0.2, 0.25) is 0 Å². The third kappa shape index (κ3) is 6.21. The van der Waals surface area contributed by atoms with E-state index in [0.717, 1.165) is 43.9 Å². The van der Waals surface area contributed by atoms with Crippen LogP contribution in [0.1, 0.15) is 32.3 Å². The summed E-state index contributed by atoms with van der Waals surface area (Å²) in [5.74, 6) is 1.64. The molecule has 0 radical (unpaired) electrons. The first-order chi connectivity index (χ1) is 10.7. The Balaban J connectivity index is 1.66. The van der Waals surface area contributed by atoms with E-state index < -0.39 is 0 Å². The molecule has 2 heteroatoms. The Kier molecular flexibility index (Phi) is 6.82. The molecule has 0 aliphatic heterocycles. The summed E-state index contributed by atoms with van der Waals surface area (Å²) < 4.78 is 5.73. The number of anilines is 1. The number of benzene rings is 2. The fourth-order valence-corrected chi connectivity index (χ4v) is 2.25. The minimum absolute atomic E-state index is 0.686. The van der Waals surface area contributed by atoms with Crippen LogP contribution < -0.4 is 10.1 Å². The van der Waals surface area contributed by atoms with Crippen molar-refractivity contribution in [2.75, 3.05) is 18.5 Å². The molecule has 2 aromatic rings. The van der Waals surface area contributed by atoms with Gasteiger partial charge in [-0.05, 0) is 55.0 Å². The number of hydrogen-bond acceptors (Lipinski definition) is 2. The van der Waals surface area contributed by atoms with Gasteiger partial charge in [0.05, 0.1) is 6.61 Å². The summed E-state index contributed by atoms with van der Waals surface area (Å²) in [7, 11) is 0. The summed E-state index contributed by atoms with van der Waals surface area (Å²) in [6, 6.07) is 18.9. The topological polar surface area (TPSA) is 21.3 Å². The van der Waals surface area contributed by atoms with Crippen molar-refractivity contribution in [3.8, 4) is 5.75 Å². The summed E-state index contributed by atoms with van der Waals surface area (Å²) in [6.07, 6.45) is 3.35. The molecule has 0 bridgehead atoms. The maximum absolute atomic E-state index is 5.73. The van der Waals surface area contributed by atoms with Crippen molar-refractivity contribution >= 4 is 5.69 Å². The lowest BCUT2D eigenvalue weighted by Gasteiger charge is -2.10. The van der Waals surface area contributed by atoms with Crippen LogP contribution in [0.25, 0.3) is 0 Å². The number of nitrogens with one attached hydrogen (secondary N) is 1. The molecule has 118 valence electrons. The zero-order chi connectivity index (χ0) is 15.6. The van der Waals surface area contributed by atoms with Crippen LogP contribution in [0.2, 0.25) is 0 Å². The van der Waals surface area contributed by atoms with Gasteiger partial charge in [-0.1, -0.05) is 44.2 Å². The Labute approximate surface area is 134 Å². The van der Waals surface area contributed by atoms with E-state index in [1.54, 1.807) is 0 Å². The van der Waals surface area contributed by atoms with Crippen LogP contribution in [0.15, 0.2) is 54.6 Å². The molecular formula is C20H27NO. The molecule has 0 aliphatic carbocycles. The average Bonchev–Trinajstić information content (AvgIpc) is 2.54. The molecule has 2 rings (SSSR count). The predicted molar refractivity (Wildman–Crippen MR) is 94.6 cm³/mol. The third-order valence-electron chi connectivity index (χ3n) is 3.63.